The zero-order valence-electron chi connectivity index (χ0n) is 25.9. The Bertz CT molecular complexity index is 1580. The van der Waals surface area contributed by atoms with Gasteiger partial charge in [-0.3, -0.25) is 9.59 Å². The van der Waals surface area contributed by atoms with E-state index < -0.39 is 71.4 Å². The number of rotatable bonds is 9. The van der Waals surface area contributed by atoms with Gasteiger partial charge in [0.15, 0.2) is 29.1 Å². The Morgan fingerprint density at radius 1 is 1.17 bits per heavy atom. The molecule has 246 valence electrons. The third kappa shape index (κ3) is 5.24. The number of ether oxygens (including phenoxy) is 2. The van der Waals surface area contributed by atoms with Crippen molar-refractivity contribution in [2.75, 3.05) is 12.3 Å². The minimum atomic E-state index is -2.33. The van der Waals surface area contributed by atoms with E-state index in [4.69, 9.17) is 26.8 Å². The molecule has 6 rings (SSSR count). The summed E-state index contributed by atoms with van der Waals surface area (Å²) in [6.07, 6.45) is 0.204. The van der Waals surface area contributed by atoms with Crippen LogP contribution in [0.4, 0.5) is 14.5 Å². The van der Waals surface area contributed by atoms with Gasteiger partial charge in [-0.2, -0.15) is 0 Å². The van der Waals surface area contributed by atoms with E-state index in [1.165, 1.54) is 12.2 Å². The average Bonchev–Trinajstić information content (AvgIpc) is 3.58. The molecule has 4 aliphatic rings. The molecule has 2 saturated carbocycles. The minimum Gasteiger partial charge on any atom is -0.398 e. The fourth-order valence-electron chi connectivity index (χ4n) is 8.38. The number of fused-ring (bicyclic) bond motifs is 2. The van der Waals surface area contributed by atoms with Gasteiger partial charge >= 0.3 is 0 Å². The predicted octanol–water partition coefficient (Wildman–Crippen LogP) is 5.94. The summed E-state index contributed by atoms with van der Waals surface area (Å²) >= 11 is 6.04. The van der Waals surface area contributed by atoms with Crippen molar-refractivity contribution in [2.24, 2.45) is 17.3 Å². The van der Waals surface area contributed by atoms with Crippen molar-refractivity contribution in [1.29, 1.82) is 0 Å². The zero-order chi connectivity index (χ0) is 33.0. The third-order valence-electron chi connectivity index (χ3n) is 10.8. The van der Waals surface area contributed by atoms with Crippen LogP contribution >= 0.6 is 11.6 Å². The lowest BCUT2D eigenvalue weighted by atomic mass is 9.51. The van der Waals surface area contributed by atoms with Crippen molar-refractivity contribution in [3.05, 3.63) is 88.0 Å². The first-order valence-electron chi connectivity index (χ1n) is 15.9. The smallest absolute Gasteiger partial charge is 0.192 e. The summed E-state index contributed by atoms with van der Waals surface area (Å²) < 4.78 is 46.3. The number of alkyl halides is 2. The normalized spacial score (nSPS) is 35.8. The molecule has 10 heteroatoms. The molecular formula is C36H40ClF2NO6. The van der Waals surface area contributed by atoms with Crippen LogP contribution in [0.5, 0.6) is 0 Å². The van der Waals surface area contributed by atoms with Crippen molar-refractivity contribution in [2.45, 2.75) is 88.3 Å². The number of aliphatic hydroxyl groups excluding tert-OH is 2. The van der Waals surface area contributed by atoms with Crippen molar-refractivity contribution < 1.29 is 38.1 Å². The highest BCUT2D eigenvalue weighted by atomic mass is 35.5. The maximum Gasteiger partial charge on any atom is 0.192 e. The second kappa shape index (κ2) is 12.3. The fraction of sp³-hybridized carbons (Fsp3) is 0.500. The summed E-state index contributed by atoms with van der Waals surface area (Å²) in [5.74, 6) is -2.61. The van der Waals surface area contributed by atoms with Crippen LogP contribution in [0.1, 0.15) is 68.9 Å². The highest BCUT2D eigenvalue weighted by Crippen LogP contribution is 2.63. The lowest BCUT2D eigenvalue weighted by Crippen LogP contribution is -2.63. The monoisotopic (exact) mass is 655 g/mol. The van der Waals surface area contributed by atoms with Gasteiger partial charge in [-0.05, 0) is 85.9 Å². The van der Waals surface area contributed by atoms with Crippen LogP contribution in [-0.4, -0.2) is 58.0 Å². The van der Waals surface area contributed by atoms with Gasteiger partial charge in [0.2, 0.25) is 0 Å². The Morgan fingerprint density at radius 3 is 2.57 bits per heavy atom. The number of carbonyl (C=O) groups is 2. The maximum absolute atomic E-state index is 17.8. The number of allylic oxidation sites excluding steroid dienone is 4. The maximum atomic E-state index is 17.8. The summed E-state index contributed by atoms with van der Waals surface area (Å²) in [6.45, 7) is 2.57. The Labute approximate surface area is 272 Å². The SMILES string of the molecule is CCCC(O)C1(F)C(C2CC3OC(c4ccc(Cc5ccc(Cl)c(N)c5)cc4)OC3(C(=O)CO)C2)CC(F)C2=CC(=O)C=CC21C. The van der Waals surface area contributed by atoms with Gasteiger partial charge in [0.1, 0.15) is 12.8 Å². The molecule has 1 heterocycles. The quantitative estimate of drug-likeness (QED) is 0.286. The van der Waals surface area contributed by atoms with Gasteiger partial charge in [0, 0.05) is 16.9 Å². The van der Waals surface area contributed by atoms with E-state index in [0.717, 1.165) is 17.2 Å². The topological polar surface area (TPSA) is 119 Å². The summed E-state index contributed by atoms with van der Waals surface area (Å²) in [5, 5.41) is 21.8. The first kappa shape index (κ1) is 33.0. The Balaban J connectivity index is 1.26. The highest BCUT2D eigenvalue weighted by molar-refractivity contribution is 6.33. The summed E-state index contributed by atoms with van der Waals surface area (Å²) in [7, 11) is 0. The third-order valence-corrected chi connectivity index (χ3v) is 11.1. The molecule has 0 spiro atoms. The number of benzene rings is 2. The van der Waals surface area contributed by atoms with Crippen LogP contribution in [0.15, 0.2) is 66.3 Å². The van der Waals surface area contributed by atoms with Gasteiger partial charge < -0.3 is 25.4 Å². The molecule has 0 amide bonds. The van der Waals surface area contributed by atoms with Gasteiger partial charge in [0.05, 0.1) is 22.9 Å². The average molecular weight is 656 g/mol. The molecule has 3 fully saturated rings. The molecule has 0 radical (unpaired) electrons. The first-order chi connectivity index (χ1) is 21.9. The van der Waals surface area contributed by atoms with Crippen LogP contribution in [0.3, 0.4) is 0 Å². The largest absolute Gasteiger partial charge is 0.398 e. The lowest BCUT2D eigenvalue weighted by molar-refractivity contribution is -0.162. The molecule has 3 aliphatic carbocycles. The van der Waals surface area contributed by atoms with Crippen molar-refractivity contribution in [3.63, 3.8) is 0 Å². The summed E-state index contributed by atoms with van der Waals surface area (Å²) in [5.41, 5.74) is 3.71. The number of hydrogen-bond acceptors (Lipinski definition) is 7. The zero-order valence-corrected chi connectivity index (χ0v) is 26.7. The number of hydrogen-bond donors (Lipinski definition) is 3. The van der Waals surface area contributed by atoms with Gasteiger partial charge in [-0.1, -0.05) is 61.4 Å². The highest BCUT2D eigenvalue weighted by Gasteiger charge is 2.69. The number of anilines is 1. The van der Waals surface area contributed by atoms with E-state index >= 15 is 8.78 Å². The molecule has 46 heavy (non-hydrogen) atoms. The molecule has 2 aromatic carbocycles. The van der Waals surface area contributed by atoms with E-state index in [1.807, 2.05) is 43.3 Å². The Morgan fingerprint density at radius 2 is 1.89 bits per heavy atom. The van der Waals surface area contributed by atoms with Crippen LogP contribution < -0.4 is 5.73 Å². The summed E-state index contributed by atoms with van der Waals surface area (Å²) in [4.78, 5) is 25.6. The van der Waals surface area contributed by atoms with Crippen LogP contribution in [0.25, 0.3) is 0 Å². The van der Waals surface area contributed by atoms with Crippen molar-refractivity contribution in [1.82, 2.24) is 0 Å². The molecule has 1 saturated heterocycles. The first-order valence-corrected chi connectivity index (χ1v) is 16.3. The standard InChI is InChI=1S/C36H40ClF2NO6/c1-3-4-30(43)36(39)25(17-28(38)26-16-24(42)11-12-34(26,36)2)23-15-32-35(18-23,31(44)19-41)46-33(45-32)22-8-5-20(6-9-22)13-21-7-10-27(37)29(40)14-21/h5-12,14,16,23,25,28,30,32-33,41,43H,3-4,13,15,17-19,40H2,1-2H3. The van der Waals surface area contributed by atoms with Crippen molar-refractivity contribution in [3.8, 4) is 0 Å². The number of nitrogens with two attached hydrogens (primary N) is 1. The Hall–Kier alpha value is -2.95. The number of carbonyl (C=O) groups excluding carboxylic acids is 2. The molecule has 7 nitrogen and oxygen atoms in total. The lowest BCUT2D eigenvalue weighted by Gasteiger charge is -2.56. The van der Waals surface area contributed by atoms with Gasteiger partial charge in [-0.25, -0.2) is 8.78 Å². The predicted molar refractivity (Wildman–Crippen MR) is 169 cm³/mol. The molecule has 2 aromatic rings. The van der Waals surface area contributed by atoms with E-state index in [2.05, 4.69) is 0 Å². The molecule has 0 aromatic heterocycles. The molecule has 1 aliphatic heterocycles. The number of nitrogen functional groups attached to an aromatic ring is 1. The van der Waals surface area contributed by atoms with E-state index in [1.54, 1.807) is 13.0 Å². The van der Waals surface area contributed by atoms with Crippen LogP contribution in [-0.2, 0) is 25.5 Å². The van der Waals surface area contributed by atoms with Crippen molar-refractivity contribution >= 4 is 28.9 Å². The molecule has 0 bridgehead atoms. The molecule has 9 atom stereocenters. The Kier molecular flexibility index (Phi) is 8.78. The van der Waals surface area contributed by atoms with Crippen LogP contribution in [0.2, 0.25) is 5.02 Å². The minimum absolute atomic E-state index is 0.00328. The van der Waals surface area contributed by atoms with Crippen LogP contribution in [0, 0.1) is 17.3 Å². The molecule has 9 unspecified atom stereocenters. The molecule has 4 N–H and O–H groups in total. The van der Waals surface area contributed by atoms with Gasteiger partial charge in [0.25, 0.3) is 0 Å². The van der Waals surface area contributed by atoms with E-state index in [9.17, 15) is 19.8 Å². The second-order valence-corrected chi connectivity index (χ2v) is 13.8. The van der Waals surface area contributed by atoms with E-state index in [-0.39, 0.29) is 31.3 Å². The van der Waals surface area contributed by atoms with Gasteiger partial charge in [-0.15, -0.1) is 0 Å². The molecular weight excluding hydrogens is 616 g/mol. The second-order valence-electron chi connectivity index (χ2n) is 13.4. The number of halogens is 3. The summed E-state index contributed by atoms with van der Waals surface area (Å²) in [6, 6.07) is 13.0. The number of Topliss-reactive ketones (excluding diaryl/α,β-unsaturated/α-hetero) is 1. The fourth-order valence-corrected chi connectivity index (χ4v) is 8.50. The number of ketones is 2. The van der Waals surface area contributed by atoms with E-state index in [0.29, 0.717) is 29.1 Å². The number of aliphatic hydroxyl groups is 2.